The van der Waals surface area contributed by atoms with Crippen molar-refractivity contribution in [3.63, 3.8) is 0 Å². The van der Waals surface area contributed by atoms with Crippen molar-refractivity contribution in [3.8, 4) is 0 Å². The van der Waals surface area contributed by atoms with E-state index in [1.54, 1.807) is 25.1 Å². The molecule has 0 atom stereocenters. The summed E-state index contributed by atoms with van der Waals surface area (Å²) in [5, 5.41) is 11.9. The molecule has 0 aliphatic carbocycles. The summed E-state index contributed by atoms with van der Waals surface area (Å²) >= 11 is 3.14. The predicted molar refractivity (Wildman–Crippen MR) is 90.1 cm³/mol. The Hall–Kier alpha value is -1.42. The molecule has 0 radical (unpaired) electrons. The molecule has 1 aromatic rings. The number of carbonyl (C=O) groups is 1. The third-order valence-electron chi connectivity index (χ3n) is 3.51. The zero-order valence-electron chi connectivity index (χ0n) is 12.8. The van der Waals surface area contributed by atoms with Gasteiger partial charge in [0.2, 0.25) is 0 Å². The number of β-amino-alcohol motifs (C(OH)–C–C–N with tert-alkyl or cyclic N) is 1. The first kappa shape index (κ1) is 16.4. The molecule has 1 aromatic heterocycles. The molecule has 3 heterocycles. The third kappa shape index (κ3) is 3.42. The van der Waals surface area contributed by atoms with Crippen molar-refractivity contribution in [2.75, 3.05) is 38.7 Å². The fourth-order valence-corrected chi connectivity index (χ4v) is 4.10. The molecule has 1 saturated heterocycles. The fraction of sp³-hybridized carbons (Fsp3) is 0.500. The van der Waals surface area contributed by atoms with Crippen LogP contribution in [0.2, 0.25) is 0 Å². The van der Waals surface area contributed by atoms with Crippen LogP contribution in [-0.4, -0.2) is 69.8 Å². The summed E-state index contributed by atoms with van der Waals surface area (Å²) in [5.41, 5.74) is 1.49. The molecule has 0 bridgehead atoms. The van der Waals surface area contributed by atoms with E-state index in [4.69, 9.17) is 9.84 Å². The van der Waals surface area contributed by atoms with E-state index < -0.39 is 0 Å². The lowest BCUT2D eigenvalue weighted by Crippen LogP contribution is -2.45. The van der Waals surface area contributed by atoms with Crippen LogP contribution >= 0.6 is 23.3 Å². The second-order valence-corrected chi connectivity index (χ2v) is 6.82. The molecule has 0 aromatic carbocycles. The average Bonchev–Trinajstić information content (AvgIpc) is 3.08. The lowest BCUT2D eigenvalue weighted by atomic mass is 10.1. The highest BCUT2D eigenvalue weighted by Crippen LogP contribution is 2.31. The van der Waals surface area contributed by atoms with Crippen LogP contribution in [0.15, 0.2) is 27.8 Å². The molecule has 3 rings (SSSR count). The number of rotatable bonds is 5. The second-order valence-electron chi connectivity index (χ2n) is 4.90. The molecule has 0 saturated carbocycles. The van der Waals surface area contributed by atoms with E-state index in [0.717, 1.165) is 16.5 Å². The van der Waals surface area contributed by atoms with Gasteiger partial charge in [-0.1, -0.05) is 11.9 Å². The lowest BCUT2D eigenvalue weighted by molar-refractivity contribution is -0.138. The zero-order chi connectivity index (χ0) is 16.2. The molecular formula is C14H18N4O3S2. The molecule has 1 fully saturated rings. The summed E-state index contributed by atoms with van der Waals surface area (Å²) in [6, 6.07) is 0. The standard InChI is InChI=1S/C14H18N4O3S2/c1-2-21-14(20)10-7-16-12(13-15-3-6-22-13)18-9-23-17(4-5-19)8-11(10)18/h3,6,19H,2,4-5,7-9H2,1H3. The summed E-state index contributed by atoms with van der Waals surface area (Å²) in [7, 11) is 0. The maximum absolute atomic E-state index is 12.2. The first-order chi connectivity index (χ1) is 11.2. The van der Waals surface area contributed by atoms with E-state index in [9.17, 15) is 4.79 Å². The van der Waals surface area contributed by atoms with E-state index in [1.165, 1.54) is 11.3 Å². The normalized spacial score (nSPS) is 18.7. The quantitative estimate of drug-likeness (QED) is 0.623. The maximum atomic E-state index is 12.2. The van der Waals surface area contributed by atoms with Crippen molar-refractivity contribution >= 4 is 35.1 Å². The number of esters is 1. The van der Waals surface area contributed by atoms with Gasteiger partial charge >= 0.3 is 5.97 Å². The van der Waals surface area contributed by atoms with Crippen LogP contribution in [0.3, 0.4) is 0 Å². The monoisotopic (exact) mass is 354 g/mol. The van der Waals surface area contributed by atoms with Gasteiger partial charge in [0, 0.05) is 23.8 Å². The van der Waals surface area contributed by atoms with Crippen LogP contribution in [-0.2, 0) is 9.53 Å². The zero-order valence-corrected chi connectivity index (χ0v) is 14.4. The maximum Gasteiger partial charge on any atom is 0.337 e. The summed E-state index contributed by atoms with van der Waals surface area (Å²) in [4.78, 5) is 23.2. The number of aliphatic imine (C=N–C) groups is 1. The van der Waals surface area contributed by atoms with Gasteiger partial charge in [0.15, 0.2) is 10.8 Å². The average molecular weight is 354 g/mol. The van der Waals surface area contributed by atoms with E-state index in [1.807, 2.05) is 10.3 Å². The molecule has 0 amide bonds. The Morgan fingerprint density at radius 2 is 2.39 bits per heavy atom. The minimum absolute atomic E-state index is 0.0858. The van der Waals surface area contributed by atoms with Crippen molar-refractivity contribution in [2.24, 2.45) is 4.99 Å². The largest absolute Gasteiger partial charge is 0.463 e. The summed E-state index contributed by atoms with van der Waals surface area (Å²) in [6.07, 6.45) is 1.75. The van der Waals surface area contributed by atoms with Crippen LogP contribution in [0.25, 0.3) is 0 Å². The Morgan fingerprint density at radius 3 is 3.09 bits per heavy atom. The van der Waals surface area contributed by atoms with Crippen LogP contribution in [0.1, 0.15) is 11.9 Å². The van der Waals surface area contributed by atoms with Gasteiger partial charge in [0.25, 0.3) is 0 Å². The molecule has 124 valence electrons. The van der Waals surface area contributed by atoms with Crippen LogP contribution in [0.5, 0.6) is 0 Å². The van der Waals surface area contributed by atoms with Crippen LogP contribution in [0.4, 0.5) is 0 Å². The summed E-state index contributed by atoms with van der Waals surface area (Å²) in [5.74, 6) is 1.13. The van der Waals surface area contributed by atoms with Crippen molar-refractivity contribution in [1.29, 1.82) is 0 Å². The molecule has 0 spiro atoms. The van der Waals surface area contributed by atoms with Gasteiger partial charge in [-0.25, -0.2) is 14.1 Å². The molecule has 1 N–H and O–H groups in total. The minimum Gasteiger partial charge on any atom is -0.463 e. The van der Waals surface area contributed by atoms with Crippen molar-refractivity contribution < 1.29 is 14.6 Å². The van der Waals surface area contributed by atoms with Crippen LogP contribution in [0, 0.1) is 0 Å². The van der Waals surface area contributed by atoms with E-state index in [0.29, 0.717) is 37.7 Å². The van der Waals surface area contributed by atoms with Crippen molar-refractivity contribution in [1.82, 2.24) is 14.2 Å². The van der Waals surface area contributed by atoms with E-state index in [2.05, 4.69) is 14.3 Å². The highest BCUT2D eigenvalue weighted by molar-refractivity contribution is 7.97. The molecule has 0 unspecified atom stereocenters. The third-order valence-corrected chi connectivity index (χ3v) is 5.33. The Labute approximate surface area is 142 Å². The number of aliphatic hydroxyl groups excluding tert-OH is 1. The number of ether oxygens (including phenoxy) is 1. The highest BCUT2D eigenvalue weighted by atomic mass is 32.2. The van der Waals surface area contributed by atoms with E-state index in [-0.39, 0.29) is 12.6 Å². The van der Waals surface area contributed by atoms with Gasteiger partial charge in [-0.2, -0.15) is 0 Å². The molecular weight excluding hydrogens is 336 g/mol. The first-order valence-electron chi connectivity index (χ1n) is 7.34. The smallest absolute Gasteiger partial charge is 0.337 e. The van der Waals surface area contributed by atoms with Crippen molar-refractivity contribution in [2.45, 2.75) is 6.92 Å². The molecule has 2 aliphatic rings. The minimum atomic E-state index is -0.315. The Kier molecular flexibility index (Phi) is 5.31. The molecule has 23 heavy (non-hydrogen) atoms. The highest BCUT2D eigenvalue weighted by Gasteiger charge is 2.34. The number of amidine groups is 1. The van der Waals surface area contributed by atoms with Crippen molar-refractivity contribution in [3.05, 3.63) is 27.9 Å². The SMILES string of the molecule is CCOC(=O)C1=C2CN(CCO)SCN2C(c2nccs2)=NC1. The van der Waals surface area contributed by atoms with Gasteiger partial charge < -0.3 is 14.7 Å². The number of aromatic nitrogens is 1. The molecule has 2 aliphatic heterocycles. The van der Waals surface area contributed by atoms with Gasteiger partial charge in [0.05, 0.1) is 37.8 Å². The number of carbonyl (C=O) groups excluding carboxylic acids is 1. The fourth-order valence-electron chi connectivity index (χ4n) is 2.47. The topological polar surface area (TPSA) is 78.3 Å². The van der Waals surface area contributed by atoms with Gasteiger partial charge in [-0.3, -0.25) is 4.99 Å². The number of hydrogen-bond acceptors (Lipinski definition) is 9. The predicted octanol–water partition coefficient (Wildman–Crippen LogP) is 0.936. The van der Waals surface area contributed by atoms with Gasteiger partial charge in [-0.15, -0.1) is 11.3 Å². The Balaban J connectivity index is 1.91. The molecule has 7 nitrogen and oxygen atoms in total. The van der Waals surface area contributed by atoms with Gasteiger partial charge in [-0.05, 0) is 6.92 Å². The van der Waals surface area contributed by atoms with Gasteiger partial charge in [0.1, 0.15) is 0 Å². The Bertz CT molecular complexity index is 630. The number of aliphatic hydroxyl groups is 1. The summed E-state index contributed by atoms with van der Waals surface area (Å²) in [6.45, 7) is 3.65. The summed E-state index contributed by atoms with van der Waals surface area (Å²) < 4.78 is 7.22. The number of thiazole rings is 1. The Morgan fingerprint density at radius 1 is 1.52 bits per heavy atom. The second kappa shape index (κ2) is 7.43. The number of hydrogen-bond donors (Lipinski definition) is 1. The van der Waals surface area contributed by atoms with E-state index >= 15 is 0 Å². The number of nitrogens with zero attached hydrogens (tertiary/aromatic N) is 4. The molecule has 9 heteroatoms. The lowest BCUT2D eigenvalue weighted by Gasteiger charge is -2.39. The van der Waals surface area contributed by atoms with Crippen LogP contribution < -0.4 is 0 Å². The number of fused-ring (bicyclic) bond motifs is 1. The first-order valence-corrected chi connectivity index (χ1v) is 9.16.